The van der Waals surface area contributed by atoms with Crippen molar-refractivity contribution < 1.29 is 4.42 Å². The zero-order valence-electron chi connectivity index (χ0n) is 15.7. The Hall–Kier alpha value is -2.80. The van der Waals surface area contributed by atoms with Gasteiger partial charge in [0.15, 0.2) is 0 Å². The molecule has 0 aliphatic rings. The van der Waals surface area contributed by atoms with E-state index in [1.807, 2.05) is 0 Å². The molecular weight excluding hydrogens is 316 g/mol. The number of aryl methyl sites for hydroxylation is 1. The summed E-state index contributed by atoms with van der Waals surface area (Å²) in [5, 5.41) is 7.57. The topological polar surface area (TPSA) is 13.1 Å². The standard InChI is InChI=1S/C25H22O/c1-15-21(25(2,3)4)13-11-20-23-19-10-9-16-7-5-6-8-17(16)18(19)12-14-22(23)26-24(15)20/h5-14H,1-4H3. The number of benzene rings is 4. The van der Waals surface area contributed by atoms with E-state index in [4.69, 9.17) is 4.42 Å². The average molecular weight is 338 g/mol. The van der Waals surface area contributed by atoms with Crippen LogP contribution in [-0.4, -0.2) is 0 Å². The molecule has 0 aliphatic heterocycles. The first-order chi connectivity index (χ1) is 12.4. The van der Waals surface area contributed by atoms with Crippen LogP contribution in [0, 0.1) is 6.92 Å². The fraction of sp³-hybridized carbons (Fsp3) is 0.200. The van der Waals surface area contributed by atoms with Gasteiger partial charge in [-0.05, 0) is 51.1 Å². The summed E-state index contributed by atoms with van der Waals surface area (Å²) in [4.78, 5) is 0. The summed E-state index contributed by atoms with van der Waals surface area (Å²) in [5.41, 5.74) is 4.69. The summed E-state index contributed by atoms with van der Waals surface area (Å²) >= 11 is 0. The molecule has 0 atom stereocenters. The van der Waals surface area contributed by atoms with Crippen LogP contribution in [0.1, 0.15) is 31.9 Å². The van der Waals surface area contributed by atoms with Crippen LogP contribution in [0.15, 0.2) is 65.1 Å². The lowest BCUT2D eigenvalue weighted by atomic mass is 9.83. The third-order valence-corrected chi connectivity index (χ3v) is 5.58. The number of fused-ring (bicyclic) bond motifs is 7. The van der Waals surface area contributed by atoms with Gasteiger partial charge in [-0.25, -0.2) is 0 Å². The molecule has 0 unspecified atom stereocenters. The molecule has 0 radical (unpaired) electrons. The molecule has 1 heteroatoms. The SMILES string of the molecule is Cc1c(C(C)(C)C)ccc2c1oc1ccc3c4ccccc4ccc3c12. The van der Waals surface area contributed by atoms with Gasteiger partial charge in [0.25, 0.3) is 0 Å². The molecule has 0 saturated carbocycles. The predicted molar refractivity (Wildman–Crippen MR) is 112 cm³/mol. The average Bonchev–Trinajstić information content (AvgIpc) is 3.00. The van der Waals surface area contributed by atoms with E-state index in [2.05, 4.69) is 88.4 Å². The highest BCUT2D eigenvalue weighted by Crippen LogP contribution is 2.40. The van der Waals surface area contributed by atoms with Gasteiger partial charge >= 0.3 is 0 Å². The molecular formula is C25H22O. The monoisotopic (exact) mass is 338 g/mol. The maximum absolute atomic E-state index is 6.34. The largest absolute Gasteiger partial charge is 0.456 e. The molecule has 0 aliphatic carbocycles. The lowest BCUT2D eigenvalue weighted by Crippen LogP contribution is -2.12. The molecule has 5 rings (SSSR count). The maximum atomic E-state index is 6.34. The molecule has 0 spiro atoms. The Balaban J connectivity index is 1.96. The summed E-state index contributed by atoms with van der Waals surface area (Å²) in [5.74, 6) is 0. The summed E-state index contributed by atoms with van der Waals surface area (Å²) in [7, 11) is 0. The van der Waals surface area contributed by atoms with E-state index in [0.29, 0.717) is 0 Å². The van der Waals surface area contributed by atoms with Crippen molar-refractivity contribution in [1.82, 2.24) is 0 Å². The van der Waals surface area contributed by atoms with E-state index < -0.39 is 0 Å². The number of rotatable bonds is 0. The zero-order valence-corrected chi connectivity index (χ0v) is 15.7. The molecule has 0 amide bonds. The van der Waals surface area contributed by atoms with Gasteiger partial charge in [0.2, 0.25) is 0 Å². The molecule has 1 heterocycles. The van der Waals surface area contributed by atoms with Crippen LogP contribution in [0.5, 0.6) is 0 Å². The highest BCUT2D eigenvalue weighted by molar-refractivity contribution is 6.23. The van der Waals surface area contributed by atoms with Crippen LogP contribution in [-0.2, 0) is 5.41 Å². The van der Waals surface area contributed by atoms with E-state index >= 15 is 0 Å². The molecule has 4 aromatic carbocycles. The van der Waals surface area contributed by atoms with Crippen LogP contribution in [0.25, 0.3) is 43.5 Å². The van der Waals surface area contributed by atoms with Gasteiger partial charge in [-0.15, -0.1) is 0 Å². The Bertz CT molecular complexity index is 1310. The Kier molecular flexibility index (Phi) is 3.04. The van der Waals surface area contributed by atoms with Gasteiger partial charge in [-0.2, -0.15) is 0 Å². The quantitative estimate of drug-likeness (QED) is 0.266. The van der Waals surface area contributed by atoms with Crippen molar-refractivity contribution in [3.63, 3.8) is 0 Å². The van der Waals surface area contributed by atoms with Crippen LogP contribution >= 0.6 is 0 Å². The van der Waals surface area contributed by atoms with Crippen molar-refractivity contribution in [1.29, 1.82) is 0 Å². The summed E-state index contributed by atoms with van der Waals surface area (Å²) in [6.45, 7) is 8.95. The lowest BCUT2D eigenvalue weighted by Gasteiger charge is -2.21. The fourth-order valence-electron chi connectivity index (χ4n) is 4.37. The van der Waals surface area contributed by atoms with Crippen molar-refractivity contribution in [3.8, 4) is 0 Å². The molecule has 0 N–H and O–H groups in total. The van der Waals surface area contributed by atoms with Crippen LogP contribution in [0.3, 0.4) is 0 Å². The van der Waals surface area contributed by atoms with Crippen molar-refractivity contribution in [3.05, 3.63) is 71.8 Å². The smallest absolute Gasteiger partial charge is 0.138 e. The van der Waals surface area contributed by atoms with Gasteiger partial charge < -0.3 is 4.42 Å². The van der Waals surface area contributed by atoms with Crippen molar-refractivity contribution in [2.45, 2.75) is 33.1 Å². The first kappa shape index (κ1) is 15.5. The van der Waals surface area contributed by atoms with E-state index in [1.54, 1.807) is 0 Å². The second-order valence-corrected chi connectivity index (χ2v) is 8.29. The maximum Gasteiger partial charge on any atom is 0.138 e. The zero-order chi connectivity index (χ0) is 18.1. The number of hydrogen-bond acceptors (Lipinski definition) is 1. The Morgan fingerprint density at radius 3 is 2.23 bits per heavy atom. The van der Waals surface area contributed by atoms with E-state index in [0.717, 1.165) is 11.2 Å². The minimum Gasteiger partial charge on any atom is -0.456 e. The lowest BCUT2D eigenvalue weighted by molar-refractivity contribution is 0.582. The van der Waals surface area contributed by atoms with Crippen molar-refractivity contribution >= 4 is 43.5 Å². The van der Waals surface area contributed by atoms with Crippen molar-refractivity contribution in [2.24, 2.45) is 0 Å². The van der Waals surface area contributed by atoms with E-state index in [1.165, 1.54) is 43.4 Å². The molecule has 128 valence electrons. The molecule has 5 aromatic rings. The highest BCUT2D eigenvalue weighted by atomic mass is 16.3. The van der Waals surface area contributed by atoms with Gasteiger partial charge in [-0.3, -0.25) is 0 Å². The molecule has 0 fully saturated rings. The first-order valence-corrected chi connectivity index (χ1v) is 9.22. The highest BCUT2D eigenvalue weighted by Gasteiger charge is 2.21. The van der Waals surface area contributed by atoms with Crippen LogP contribution in [0.2, 0.25) is 0 Å². The second kappa shape index (κ2) is 5.11. The second-order valence-electron chi connectivity index (χ2n) is 8.29. The summed E-state index contributed by atoms with van der Waals surface area (Å²) < 4.78 is 6.34. The molecule has 0 bridgehead atoms. The number of hydrogen-bond donors (Lipinski definition) is 0. The number of furan rings is 1. The van der Waals surface area contributed by atoms with Crippen molar-refractivity contribution in [2.75, 3.05) is 0 Å². The fourth-order valence-corrected chi connectivity index (χ4v) is 4.37. The van der Waals surface area contributed by atoms with Gasteiger partial charge in [0, 0.05) is 10.8 Å². The van der Waals surface area contributed by atoms with Gasteiger partial charge in [0.05, 0.1) is 0 Å². The Labute approximate surface area is 153 Å². The first-order valence-electron chi connectivity index (χ1n) is 9.22. The molecule has 0 saturated heterocycles. The predicted octanol–water partition coefficient (Wildman–Crippen LogP) is 7.50. The third-order valence-electron chi connectivity index (χ3n) is 5.58. The minimum absolute atomic E-state index is 0.107. The Morgan fingerprint density at radius 2 is 1.42 bits per heavy atom. The Morgan fingerprint density at radius 1 is 0.692 bits per heavy atom. The van der Waals surface area contributed by atoms with E-state index in [9.17, 15) is 0 Å². The molecule has 1 nitrogen and oxygen atoms in total. The van der Waals surface area contributed by atoms with Gasteiger partial charge in [-0.1, -0.05) is 75.4 Å². The third kappa shape index (κ3) is 2.03. The normalized spacial score (nSPS) is 12.6. The van der Waals surface area contributed by atoms with Crippen LogP contribution in [0.4, 0.5) is 0 Å². The molecule has 1 aromatic heterocycles. The van der Waals surface area contributed by atoms with Gasteiger partial charge in [0.1, 0.15) is 11.2 Å². The summed E-state index contributed by atoms with van der Waals surface area (Å²) in [6, 6.07) is 21.9. The summed E-state index contributed by atoms with van der Waals surface area (Å²) in [6.07, 6.45) is 0. The minimum atomic E-state index is 0.107. The van der Waals surface area contributed by atoms with Crippen LogP contribution < -0.4 is 0 Å². The van der Waals surface area contributed by atoms with E-state index in [-0.39, 0.29) is 5.41 Å². The molecule has 26 heavy (non-hydrogen) atoms.